The number of nitrogens with zero attached hydrogens (tertiary/aromatic N) is 2. The van der Waals surface area contributed by atoms with E-state index in [0.29, 0.717) is 30.1 Å². The lowest BCUT2D eigenvalue weighted by molar-refractivity contribution is -0.385. The van der Waals surface area contributed by atoms with E-state index in [1.807, 2.05) is 0 Å². The lowest BCUT2D eigenvalue weighted by Crippen LogP contribution is -2.35. The molecular weight excluding hydrogens is 350 g/mol. The minimum Gasteiger partial charge on any atom is -0.495 e. The predicted molar refractivity (Wildman–Crippen MR) is 100 cm³/mol. The Kier molecular flexibility index (Phi) is 5.35. The average molecular weight is 369 g/mol. The number of piperidine rings is 1. The smallest absolute Gasteiger partial charge is 0.282 e. The molecule has 0 atom stereocenters. The topological polar surface area (TPSA) is 102 Å². The van der Waals surface area contributed by atoms with Crippen LogP contribution in [0.2, 0.25) is 0 Å². The lowest BCUT2D eigenvalue weighted by atomic mass is 10.1. The highest BCUT2D eigenvalue weighted by atomic mass is 16.6. The zero-order chi connectivity index (χ0) is 19.4. The van der Waals surface area contributed by atoms with Gasteiger partial charge in [0.05, 0.1) is 17.7 Å². The third-order valence-corrected chi connectivity index (χ3v) is 4.40. The summed E-state index contributed by atoms with van der Waals surface area (Å²) in [5, 5.41) is 13.8. The van der Waals surface area contributed by atoms with E-state index in [9.17, 15) is 19.7 Å². The molecule has 0 unspecified atom stereocenters. The van der Waals surface area contributed by atoms with Crippen molar-refractivity contribution < 1.29 is 19.2 Å². The SMILES string of the molecule is COc1ccc(NC(=O)c2ccccc2[N+](=O)[O-])cc1N1CCCCC1=O. The summed E-state index contributed by atoms with van der Waals surface area (Å²) in [4.78, 5) is 36.9. The molecule has 27 heavy (non-hydrogen) atoms. The number of ether oxygens (including phenoxy) is 1. The molecule has 8 heteroatoms. The van der Waals surface area contributed by atoms with E-state index in [4.69, 9.17) is 4.74 Å². The number of para-hydroxylation sites is 1. The molecule has 1 fully saturated rings. The molecule has 1 aliphatic rings. The predicted octanol–water partition coefficient (Wildman–Crippen LogP) is 3.37. The van der Waals surface area contributed by atoms with E-state index < -0.39 is 10.8 Å². The molecule has 1 heterocycles. The second kappa shape index (κ2) is 7.86. The van der Waals surface area contributed by atoms with Crippen LogP contribution in [0.3, 0.4) is 0 Å². The Morgan fingerprint density at radius 2 is 2.00 bits per heavy atom. The third kappa shape index (κ3) is 3.89. The second-order valence-corrected chi connectivity index (χ2v) is 6.12. The van der Waals surface area contributed by atoms with Gasteiger partial charge in [0.1, 0.15) is 11.3 Å². The number of anilines is 2. The number of hydrogen-bond acceptors (Lipinski definition) is 5. The Morgan fingerprint density at radius 1 is 1.22 bits per heavy atom. The van der Waals surface area contributed by atoms with Crippen LogP contribution in [0.15, 0.2) is 42.5 Å². The molecule has 8 nitrogen and oxygen atoms in total. The first-order chi connectivity index (χ1) is 13.0. The van der Waals surface area contributed by atoms with Crippen LogP contribution in [0.1, 0.15) is 29.6 Å². The molecular formula is C19H19N3O5. The van der Waals surface area contributed by atoms with Gasteiger partial charge >= 0.3 is 0 Å². The average Bonchev–Trinajstić information content (AvgIpc) is 2.68. The van der Waals surface area contributed by atoms with Crippen LogP contribution >= 0.6 is 0 Å². The van der Waals surface area contributed by atoms with Crippen molar-refractivity contribution in [1.82, 2.24) is 0 Å². The molecule has 1 N–H and O–H groups in total. The highest BCUT2D eigenvalue weighted by Gasteiger charge is 2.24. The van der Waals surface area contributed by atoms with E-state index >= 15 is 0 Å². The van der Waals surface area contributed by atoms with Gasteiger partial charge in [-0.25, -0.2) is 0 Å². The maximum Gasteiger partial charge on any atom is 0.282 e. The van der Waals surface area contributed by atoms with Crippen LogP contribution in [-0.4, -0.2) is 30.4 Å². The van der Waals surface area contributed by atoms with E-state index in [1.54, 1.807) is 29.2 Å². The second-order valence-electron chi connectivity index (χ2n) is 6.12. The quantitative estimate of drug-likeness (QED) is 0.643. The molecule has 2 aromatic carbocycles. The number of hydrogen-bond donors (Lipinski definition) is 1. The number of nitrogens with one attached hydrogen (secondary N) is 1. The van der Waals surface area contributed by atoms with Gasteiger partial charge in [-0.1, -0.05) is 12.1 Å². The summed E-state index contributed by atoms with van der Waals surface area (Å²) in [5.74, 6) is -0.0703. The summed E-state index contributed by atoms with van der Waals surface area (Å²) in [6, 6.07) is 10.7. The monoisotopic (exact) mass is 369 g/mol. The molecule has 0 aromatic heterocycles. The van der Waals surface area contributed by atoms with Crippen molar-refractivity contribution in [3.05, 3.63) is 58.1 Å². The molecule has 3 rings (SSSR count). The fourth-order valence-electron chi connectivity index (χ4n) is 3.06. The Hall–Kier alpha value is -3.42. The van der Waals surface area contributed by atoms with E-state index in [1.165, 1.54) is 25.3 Å². The number of carbonyl (C=O) groups is 2. The Bertz CT molecular complexity index is 897. The highest BCUT2D eigenvalue weighted by Crippen LogP contribution is 2.34. The fraction of sp³-hybridized carbons (Fsp3) is 0.263. The maximum atomic E-state index is 12.5. The van der Waals surface area contributed by atoms with Crippen LogP contribution in [0, 0.1) is 10.1 Å². The zero-order valence-corrected chi connectivity index (χ0v) is 14.8. The van der Waals surface area contributed by atoms with Crippen LogP contribution < -0.4 is 15.0 Å². The first-order valence-electron chi connectivity index (χ1n) is 8.54. The molecule has 1 aliphatic heterocycles. The molecule has 2 aromatic rings. The van der Waals surface area contributed by atoms with Gasteiger partial charge in [0.15, 0.2) is 0 Å². The molecule has 1 saturated heterocycles. The van der Waals surface area contributed by atoms with Gasteiger partial charge in [0.2, 0.25) is 5.91 Å². The molecule has 140 valence electrons. The normalized spacial score (nSPS) is 14.0. The van der Waals surface area contributed by atoms with Gasteiger partial charge in [-0.2, -0.15) is 0 Å². The first kappa shape index (κ1) is 18.4. The summed E-state index contributed by atoms with van der Waals surface area (Å²) in [7, 11) is 1.51. The summed E-state index contributed by atoms with van der Waals surface area (Å²) < 4.78 is 5.35. The third-order valence-electron chi connectivity index (χ3n) is 4.40. The molecule has 0 aliphatic carbocycles. The Morgan fingerprint density at radius 3 is 2.70 bits per heavy atom. The van der Waals surface area contributed by atoms with Crippen LogP contribution in [-0.2, 0) is 4.79 Å². The van der Waals surface area contributed by atoms with E-state index in [0.717, 1.165) is 12.8 Å². The number of nitro benzene ring substituents is 1. The lowest BCUT2D eigenvalue weighted by Gasteiger charge is -2.28. The number of nitro groups is 1. The van der Waals surface area contributed by atoms with Gasteiger partial charge in [0.25, 0.3) is 11.6 Å². The summed E-state index contributed by atoms with van der Waals surface area (Å²) in [5.41, 5.74) is 0.693. The molecule has 0 bridgehead atoms. The van der Waals surface area contributed by atoms with Crippen LogP contribution in [0.25, 0.3) is 0 Å². The highest BCUT2D eigenvalue weighted by molar-refractivity contribution is 6.07. The van der Waals surface area contributed by atoms with Gasteiger partial charge in [-0.05, 0) is 37.1 Å². The number of benzene rings is 2. The van der Waals surface area contributed by atoms with Crippen molar-refractivity contribution in [3.63, 3.8) is 0 Å². The van der Waals surface area contributed by atoms with E-state index in [-0.39, 0.29) is 17.2 Å². The number of methoxy groups -OCH3 is 1. The molecule has 0 radical (unpaired) electrons. The zero-order valence-electron chi connectivity index (χ0n) is 14.8. The minimum absolute atomic E-state index is 0.00160. The van der Waals surface area contributed by atoms with Gasteiger partial charge in [-0.3, -0.25) is 19.7 Å². The number of amides is 2. The fourth-order valence-corrected chi connectivity index (χ4v) is 3.06. The number of rotatable bonds is 5. The Balaban J connectivity index is 1.90. The standard InChI is InChI=1S/C19H19N3O5/c1-27-17-10-9-13(12-16(17)21-11-5-4-8-18(21)23)20-19(24)14-6-2-3-7-15(14)22(25)26/h2-3,6-7,9-10,12H,4-5,8,11H2,1H3,(H,20,24). The van der Waals surface area contributed by atoms with E-state index in [2.05, 4.69) is 5.32 Å². The first-order valence-corrected chi connectivity index (χ1v) is 8.54. The van der Waals surface area contributed by atoms with Gasteiger partial charge in [-0.15, -0.1) is 0 Å². The summed E-state index contributed by atoms with van der Waals surface area (Å²) in [6.45, 7) is 0.580. The van der Waals surface area contributed by atoms with Crippen molar-refractivity contribution in [2.24, 2.45) is 0 Å². The van der Waals surface area contributed by atoms with Crippen LogP contribution in [0.5, 0.6) is 5.75 Å². The maximum absolute atomic E-state index is 12.5. The number of carbonyl (C=O) groups excluding carboxylic acids is 2. The van der Waals surface area contributed by atoms with Crippen molar-refractivity contribution in [2.75, 3.05) is 23.9 Å². The van der Waals surface area contributed by atoms with Crippen LogP contribution in [0.4, 0.5) is 17.1 Å². The van der Waals surface area contributed by atoms with Crippen molar-refractivity contribution in [3.8, 4) is 5.75 Å². The molecule has 0 saturated carbocycles. The molecule has 0 spiro atoms. The molecule has 2 amide bonds. The summed E-state index contributed by atoms with van der Waals surface area (Å²) in [6.07, 6.45) is 2.21. The van der Waals surface area contributed by atoms with Crippen molar-refractivity contribution >= 4 is 28.9 Å². The van der Waals surface area contributed by atoms with Gasteiger partial charge in [0, 0.05) is 24.7 Å². The van der Waals surface area contributed by atoms with Crippen molar-refractivity contribution in [1.29, 1.82) is 0 Å². The Labute approximate surface area is 155 Å². The summed E-state index contributed by atoms with van der Waals surface area (Å²) >= 11 is 0. The van der Waals surface area contributed by atoms with Gasteiger partial charge < -0.3 is 15.0 Å². The largest absolute Gasteiger partial charge is 0.495 e. The van der Waals surface area contributed by atoms with Crippen molar-refractivity contribution in [2.45, 2.75) is 19.3 Å². The minimum atomic E-state index is -0.596.